The van der Waals surface area contributed by atoms with Gasteiger partial charge in [-0.05, 0) is 61.7 Å². The van der Waals surface area contributed by atoms with Gasteiger partial charge in [0.25, 0.3) is 0 Å². The monoisotopic (exact) mass is 421 g/mol. The Balaban J connectivity index is 1.42. The number of piperazine rings is 1. The zero-order chi connectivity index (χ0) is 20.9. The second-order valence-corrected chi connectivity index (χ2v) is 7.78. The first-order valence-electron chi connectivity index (χ1n) is 9.96. The van der Waals surface area contributed by atoms with Gasteiger partial charge in [0.1, 0.15) is 11.5 Å². The number of likely N-dealkylation sites (N-methyl/N-ethyl adjacent to an activating group) is 1. The van der Waals surface area contributed by atoms with E-state index >= 15 is 0 Å². The predicted octanol–water partition coefficient (Wildman–Crippen LogP) is 5.00. The van der Waals surface area contributed by atoms with Crippen molar-refractivity contribution in [1.82, 2.24) is 4.90 Å². The van der Waals surface area contributed by atoms with E-state index < -0.39 is 0 Å². The van der Waals surface area contributed by atoms with Crippen molar-refractivity contribution in [3.05, 3.63) is 77.5 Å². The Morgan fingerprint density at radius 3 is 2.50 bits per heavy atom. The van der Waals surface area contributed by atoms with E-state index in [4.69, 9.17) is 16.0 Å². The summed E-state index contributed by atoms with van der Waals surface area (Å²) in [5.41, 5.74) is 2.80. The number of hydrogen-bond acceptors (Lipinski definition) is 4. The summed E-state index contributed by atoms with van der Waals surface area (Å²) in [5, 5.41) is 3.68. The number of nitrogens with one attached hydrogen (secondary N) is 1. The van der Waals surface area contributed by atoms with Gasteiger partial charge in [-0.1, -0.05) is 23.7 Å². The lowest BCUT2D eigenvalue weighted by Crippen LogP contribution is -2.44. The van der Waals surface area contributed by atoms with Crippen molar-refractivity contribution in [2.24, 2.45) is 0 Å². The fourth-order valence-corrected chi connectivity index (χ4v) is 3.57. The molecule has 0 bridgehead atoms. The molecule has 1 fully saturated rings. The summed E-state index contributed by atoms with van der Waals surface area (Å²) in [6.45, 7) is 3.91. The Hall–Kier alpha value is -3.02. The molecule has 1 amide bonds. The number of benzene rings is 2. The topological polar surface area (TPSA) is 48.7 Å². The van der Waals surface area contributed by atoms with Crippen LogP contribution in [0.4, 0.5) is 11.4 Å². The van der Waals surface area contributed by atoms with E-state index in [1.165, 1.54) is 6.08 Å². The van der Waals surface area contributed by atoms with Gasteiger partial charge in [0.05, 0.1) is 11.4 Å². The van der Waals surface area contributed by atoms with Crippen LogP contribution in [0.3, 0.4) is 0 Å². The summed E-state index contributed by atoms with van der Waals surface area (Å²) in [4.78, 5) is 17.1. The molecule has 0 aliphatic carbocycles. The maximum atomic E-state index is 12.5. The van der Waals surface area contributed by atoms with Crippen LogP contribution in [0.15, 0.2) is 71.2 Å². The Morgan fingerprint density at radius 1 is 1.00 bits per heavy atom. The molecule has 0 saturated carbocycles. The highest BCUT2D eigenvalue weighted by Crippen LogP contribution is 2.27. The molecular weight excluding hydrogens is 398 g/mol. The van der Waals surface area contributed by atoms with Crippen LogP contribution in [0, 0.1) is 0 Å². The third-order valence-electron chi connectivity index (χ3n) is 5.16. The third-order valence-corrected chi connectivity index (χ3v) is 5.41. The maximum absolute atomic E-state index is 12.5. The summed E-state index contributed by atoms with van der Waals surface area (Å²) >= 11 is 5.93. The zero-order valence-corrected chi connectivity index (χ0v) is 17.6. The third kappa shape index (κ3) is 4.93. The van der Waals surface area contributed by atoms with Crippen LogP contribution >= 0.6 is 11.6 Å². The van der Waals surface area contributed by atoms with Gasteiger partial charge >= 0.3 is 0 Å². The van der Waals surface area contributed by atoms with E-state index in [2.05, 4.69) is 28.2 Å². The molecule has 2 aromatic carbocycles. The molecule has 0 radical (unpaired) electrons. The predicted molar refractivity (Wildman–Crippen MR) is 123 cm³/mol. The molecule has 1 aliphatic heterocycles. The lowest BCUT2D eigenvalue weighted by Gasteiger charge is -2.35. The van der Waals surface area contributed by atoms with Gasteiger partial charge < -0.3 is 19.5 Å². The number of carbonyl (C=O) groups excluding carboxylic acids is 1. The van der Waals surface area contributed by atoms with E-state index in [-0.39, 0.29) is 5.91 Å². The smallest absolute Gasteiger partial charge is 0.248 e. The van der Waals surface area contributed by atoms with E-state index in [0.717, 1.165) is 48.9 Å². The highest BCUT2D eigenvalue weighted by atomic mass is 35.5. The molecule has 2 heterocycles. The molecule has 154 valence electrons. The van der Waals surface area contributed by atoms with Crippen LogP contribution in [0.5, 0.6) is 0 Å². The van der Waals surface area contributed by atoms with Gasteiger partial charge in [-0.3, -0.25) is 4.79 Å². The second-order valence-electron chi connectivity index (χ2n) is 7.34. The fourth-order valence-electron chi connectivity index (χ4n) is 3.45. The Morgan fingerprint density at radius 2 is 1.73 bits per heavy atom. The van der Waals surface area contributed by atoms with Crippen LogP contribution in [-0.2, 0) is 4.79 Å². The SMILES string of the molecule is CN1CCN(c2ccccc2NC(=O)/C=C/c2ccc(-c3ccc(Cl)cc3)o2)CC1. The maximum Gasteiger partial charge on any atom is 0.248 e. The van der Waals surface area contributed by atoms with E-state index in [1.807, 2.05) is 54.6 Å². The van der Waals surface area contributed by atoms with E-state index in [1.54, 1.807) is 6.08 Å². The summed E-state index contributed by atoms with van der Waals surface area (Å²) < 4.78 is 5.82. The normalized spacial score (nSPS) is 14.9. The van der Waals surface area contributed by atoms with Crippen molar-refractivity contribution < 1.29 is 9.21 Å². The number of rotatable bonds is 5. The number of anilines is 2. The highest BCUT2D eigenvalue weighted by molar-refractivity contribution is 6.30. The van der Waals surface area contributed by atoms with Crippen LogP contribution in [-0.4, -0.2) is 44.0 Å². The van der Waals surface area contributed by atoms with Crippen molar-refractivity contribution in [1.29, 1.82) is 0 Å². The molecule has 0 atom stereocenters. The number of hydrogen-bond donors (Lipinski definition) is 1. The van der Waals surface area contributed by atoms with Crippen molar-refractivity contribution in [2.45, 2.75) is 0 Å². The number of furan rings is 1. The van der Waals surface area contributed by atoms with Gasteiger partial charge in [0, 0.05) is 42.8 Å². The molecule has 1 aliphatic rings. The van der Waals surface area contributed by atoms with Crippen molar-refractivity contribution in [2.75, 3.05) is 43.4 Å². The van der Waals surface area contributed by atoms with Crippen LogP contribution < -0.4 is 10.2 Å². The summed E-state index contributed by atoms with van der Waals surface area (Å²) in [5.74, 6) is 1.15. The average molecular weight is 422 g/mol. The van der Waals surface area contributed by atoms with Crippen LogP contribution in [0.1, 0.15) is 5.76 Å². The first kappa shape index (κ1) is 20.3. The minimum atomic E-state index is -0.193. The largest absolute Gasteiger partial charge is 0.457 e. The molecule has 0 spiro atoms. The molecular formula is C24H24ClN3O2. The van der Waals surface area contributed by atoms with Gasteiger partial charge in [-0.15, -0.1) is 0 Å². The zero-order valence-electron chi connectivity index (χ0n) is 16.8. The summed E-state index contributed by atoms with van der Waals surface area (Å²) in [6.07, 6.45) is 3.17. The second kappa shape index (κ2) is 9.20. The molecule has 3 aromatic rings. The molecule has 0 unspecified atom stereocenters. The Bertz CT molecular complexity index is 1030. The van der Waals surface area contributed by atoms with E-state index in [9.17, 15) is 4.79 Å². The summed E-state index contributed by atoms with van der Waals surface area (Å²) in [7, 11) is 2.13. The number of carbonyl (C=O) groups is 1. The fraction of sp³-hybridized carbons (Fsp3) is 0.208. The average Bonchev–Trinajstić information content (AvgIpc) is 3.23. The van der Waals surface area contributed by atoms with Crippen LogP contribution in [0.2, 0.25) is 5.02 Å². The lowest BCUT2D eigenvalue weighted by molar-refractivity contribution is -0.111. The van der Waals surface area contributed by atoms with E-state index in [0.29, 0.717) is 10.8 Å². The van der Waals surface area contributed by atoms with Gasteiger partial charge in [-0.25, -0.2) is 0 Å². The van der Waals surface area contributed by atoms with Crippen LogP contribution in [0.25, 0.3) is 17.4 Å². The number of amides is 1. The number of halogens is 1. The quantitative estimate of drug-likeness (QED) is 0.589. The lowest BCUT2D eigenvalue weighted by atomic mass is 10.2. The first-order chi connectivity index (χ1) is 14.6. The highest BCUT2D eigenvalue weighted by Gasteiger charge is 2.17. The molecule has 1 saturated heterocycles. The van der Waals surface area contributed by atoms with Gasteiger partial charge in [-0.2, -0.15) is 0 Å². The van der Waals surface area contributed by atoms with Gasteiger partial charge in [0.15, 0.2) is 0 Å². The minimum Gasteiger partial charge on any atom is -0.457 e. The minimum absolute atomic E-state index is 0.193. The van der Waals surface area contributed by atoms with Gasteiger partial charge in [0.2, 0.25) is 5.91 Å². The molecule has 1 aromatic heterocycles. The van der Waals surface area contributed by atoms with Crippen molar-refractivity contribution in [3.8, 4) is 11.3 Å². The Labute approximate surface area is 181 Å². The first-order valence-corrected chi connectivity index (χ1v) is 10.3. The van der Waals surface area contributed by atoms with Crippen molar-refractivity contribution in [3.63, 3.8) is 0 Å². The number of para-hydroxylation sites is 2. The molecule has 1 N–H and O–H groups in total. The standard InChI is InChI=1S/C24H24ClN3O2/c1-27-14-16-28(17-15-27)22-5-3-2-4-21(22)26-24(29)13-11-20-10-12-23(30-20)18-6-8-19(25)9-7-18/h2-13H,14-17H2,1H3,(H,26,29)/b13-11+. The summed E-state index contributed by atoms with van der Waals surface area (Å²) in [6, 6.07) is 19.1. The van der Waals surface area contributed by atoms with Crippen molar-refractivity contribution >= 4 is 35.0 Å². The Kier molecular flexibility index (Phi) is 6.21. The molecule has 4 rings (SSSR count). The molecule has 5 nitrogen and oxygen atoms in total. The molecule has 30 heavy (non-hydrogen) atoms. The number of nitrogens with zero attached hydrogens (tertiary/aromatic N) is 2. The molecule has 6 heteroatoms.